The van der Waals surface area contributed by atoms with Crippen LogP contribution in [-0.2, 0) is 44.8 Å². The molecule has 0 saturated heterocycles. The standard InChI is InChI=1S/C48H67NO9/c1-29(2)40-33(51)24-48(36(52)27-49(38(53)28-57-30(3)50)26-31-14-12-11-13-15-31)23-22-46(9)32(41(40)48)16-17-35-45(8)20-19-37(58-39(54)25-43(4,5)42(55)56)44(6,7)34(45)18-21-47(35,46)10/h11-15,29,32,34-35,37H,16-28H2,1-10H3,(H,55,56)/t32-,34+,35?,37+,45+,46-,47-,48?/m1/s1. The molecule has 0 radical (unpaired) electrons. The zero-order valence-electron chi connectivity index (χ0n) is 36.6. The van der Waals surface area contributed by atoms with Gasteiger partial charge in [0.15, 0.2) is 18.2 Å². The predicted molar refractivity (Wildman–Crippen MR) is 219 cm³/mol. The fourth-order valence-electron chi connectivity index (χ4n) is 13.4. The van der Waals surface area contributed by atoms with E-state index >= 15 is 4.79 Å². The van der Waals surface area contributed by atoms with Crippen molar-refractivity contribution >= 4 is 35.4 Å². The SMILES string of the molecule is CC(=O)OCC(=O)N(CC(=O)C12CC[C@]3(C)[C@H](CCC4[C@@]5(C)CC[C@H](OC(=O)CC(C)(C)C(=O)O)C(C)(C)[C@@H]5CC[C@]43C)C1=C(C(C)C)C(=O)C2)Cc1ccccc1. The fourth-order valence-corrected chi connectivity index (χ4v) is 13.4. The van der Waals surface area contributed by atoms with E-state index in [4.69, 9.17) is 9.47 Å². The number of carboxylic acid groups (broad SMARTS) is 1. The van der Waals surface area contributed by atoms with E-state index in [1.165, 1.54) is 11.8 Å². The number of allylic oxidation sites excluding steroid dienone is 2. The van der Waals surface area contributed by atoms with Gasteiger partial charge in [-0.15, -0.1) is 0 Å². The van der Waals surface area contributed by atoms with Crippen LogP contribution < -0.4 is 0 Å². The maximum Gasteiger partial charge on any atom is 0.309 e. The Morgan fingerprint density at radius 3 is 2.17 bits per heavy atom. The van der Waals surface area contributed by atoms with Crippen molar-refractivity contribution in [2.24, 2.45) is 56.2 Å². The Morgan fingerprint density at radius 1 is 0.879 bits per heavy atom. The van der Waals surface area contributed by atoms with E-state index in [1.54, 1.807) is 13.8 Å². The molecule has 0 heterocycles. The average molecular weight is 802 g/mol. The van der Waals surface area contributed by atoms with Crippen molar-refractivity contribution in [3.05, 3.63) is 47.0 Å². The topological polar surface area (TPSA) is 144 Å². The first kappa shape index (κ1) is 43.8. The van der Waals surface area contributed by atoms with Gasteiger partial charge in [-0.3, -0.25) is 28.8 Å². The summed E-state index contributed by atoms with van der Waals surface area (Å²) in [6, 6.07) is 9.47. The first-order chi connectivity index (χ1) is 26.9. The van der Waals surface area contributed by atoms with Crippen molar-refractivity contribution in [3.63, 3.8) is 0 Å². The molecule has 8 atom stereocenters. The van der Waals surface area contributed by atoms with Gasteiger partial charge in [0.25, 0.3) is 5.91 Å². The second kappa shape index (κ2) is 15.3. The molecule has 4 saturated carbocycles. The van der Waals surface area contributed by atoms with Gasteiger partial charge in [0, 0.05) is 25.3 Å². The second-order valence-corrected chi connectivity index (χ2v) is 20.9. The molecule has 10 heteroatoms. The molecule has 0 bridgehead atoms. The van der Waals surface area contributed by atoms with Crippen molar-refractivity contribution in [2.45, 2.75) is 146 Å². The quantitative estimate of drug-likeness (QED) is 0.206. The third-order valence-electron chi connectivity index (χ3n) is 16.6. The largest absolute Gasteiger partial charge is 0.481 e. The van der Waals surface area contributed by atoms with E-state index in [9.17, 15) is 29.1 Å². The molecule has 0 aliphatic heterocycles. The Morgan fingerprint density at radius 2 is 1.55 bits per heavy atom. The van der Waals surface area contributed by atoms with Gasteiger partial charge >= 0.3 is 17.9 Å². The van der Waals surface area contributed by atoms with Gasteiger partial charge in [0.2, 0.25) is 0 Å². The lowest BCUT2D eigenvalue weighted by atomic mass is 9.33. The first-order valence-corrected chi connectivity index (χ1v) is 21.6. The summed E-state index contributed by atoms with van der Waals surface area (Å²) in [7, 11) is 0. The molecule has 4 fully saturated rings. The molecule has 5 aliphatic carbocycles. The number of carbonyl (C=O) groups excluding carboxylic acids is 5. The van der Waals surface area contributed by atoms with Crippen LogP contribution in [0.25, 0.3) is 0 Å². The van der Waals surface area contributed by atoms with E-state index in [2.05, 4.69) is 48.5 Å². The molecule has 2 unspecified atom stereocenters. The third kappa shape index (κ3) is 7.16. The summed E-state index contributed by atoms with van der Waals surface area (Å²) >= 11 is 0. The summed E-state index contributed by atoms with van der Waals surface area (Å²) in [5, 5.41) is 9.64. The normalized spacial score (nSPS) is 33.9. The van der Waals surface area contributed by atoms with Gasteiger partial charge in [-0.25, -0.2) is 0 Å². The lowest BCUT2D eigenvalue weighted by molar-refractivity contribution is -0.233. The monoisotopic (exact) mass is 801 g/mol. The molecule has 6 rings (SSSR count). The molecule has 10 nitrogen and oxygen atoms in total. The summed E-state index contributed by atoms with van der Waals surface area (Å²) in [5.74, 6) is -1.89. The number of carboxylic acids is 1. The molecule has 0 spiro atoms. The fraction of sp³-hybridized carbons (Fsp3) is 0.708. The van der Waals surface area contributed by atoms with Crippen LogP contribution in [0.1, 0.15) is 139 Å². The summed E-state index contributed by atoms with van der Waals surface area (Å²) in [4.78, 5) is 81.0. The summed E-state index contributed by atoms with van der Waals surface area (Å²) in [6.45, 7) is 19.9. The number of carbonyl (C=O) groups is 6. The summed E-state index contributed by atoms with van der Waals surface area (Å²) in [5.41, 5.74) is -0.0966. The number of ether oxygens (including phenoxy) is 2. The molecule has 5 aliphatic rings. The van der Waals surface area contributed by atoms with E-state index in [1.807, 2.05) is 30.3 Å². The lowest BCUT2D eigenvalue weighted by Gasteiger charge is -2.72. The minimum atomic E-state index is -1.20. The summed E-state index contributed by atoms with van der Waals surface area (Å²) < 4.78 is 11.3. The van der Waals surface area contributed by atoms with Crippen LogP contribution in [-0.4, -0.2) is 64.6 Å². The molecule has 58 heavy (non-hydrogen) atoms. The number of esters is 2. The molecule has 318 valence electrons. The summed E-state index contributed by atoms with van der Waals surface area (Å²) in [6.07, 6.45) is 6.41. The predicted octanol–water partition coefficient (Wildman–Crippen LogP) is 8.54. The van der Waals surface area contributed by atoms with Crippen LogP contribution in [0.4, 0.5) is 0 Å². The Kier molecular flexibility index (Phi) is 11.6. The maximum atomic E-state index is 15.1. The number of aliphatic carboxylic acids is 1. The van der Waals surface area contributed by atoms with Gasteiger partial charge in [-0.1, -0.05) is 78.8 Å². The Balaban J connectivity index is 1.30. The number of rotatable bonds is 12. The third-order valence-corrected chi connectivity index (χ3v) is 16.6. The number of fused-ring (bicyclic) bond motifs is 7. The van der Waals surface area contributed by atoms with E-state index < -0.39 is 41.3 Å². The molecule has 1 amide bonds. The zero-order valence-corrected chi connectivity index (χ0v) is 36.6. The zero-order chi connectivity index (χ0) is 42.8. The van der Waals surface area contributed by atoms with Crippen LogP contribution in [0.2, 0.25) is 0 Å². The number of nitrogens with zero attached hydrogens (tertiary/aromatic N) is 1. The van der Waals surface area contributed by atoms with Gasteiger partial charge in [-0.05, 0) is 122 Å². The molecular weight excluding hydrogens is 735 g/mol. The number of Topliss-reactive ketones (excluding diaryl/α,β-unsaturated/α-hetero) is 2. The van der Waals surface area contributed by atoms with Crippen molar-refractivity contribution in [2.75, 3.05) is 13.2 Å². The van der Waals surface area contributed by atoms with Crippen LogP contribution in [0.5, 0.6) is 0 Å². The molecule has 1 aromatic rings. The van der Waals surface area contributed by atoms with Gasteiger partial charge < -0.3 is 19.5 Å². The van der Waals surface area contributed by atoms with Crippen LogP contribution in [0.3, 0.4) is 0 Å². The molecule has 1 N–H and O–H groups in total. The number of ketones is 2. The van der Waals surface area contributed by atoms with Crippen LogP contribution >= 0.6 is 0 Å². The minimum absolute atomic E-state index is 0.0287. The molecule has 1 aromatic carbocycles. The number of hydrogen-bond donors (Lipinski definition) is 1. The number of benzene rings is 1. The second-order valence-electron chi connectivity index (χ2n) is 20.9. The van der Waals surface area contributed by atoms with Crippen molar-refractivity contribution in [1.29, 1.82) is 0 Å². The lowest BCUT2D eigenvalue weighted by Crippen LogP contribution is -2.66. The van der Waals surface area contributed by atoms with E-state index in [0.717, 1.165) is 61.7 Å². The maximum absolute atomic E-state index is 15.1. The van der Waals surface area contributed by atoms with Crippen molar-refractivity contribution < 1.29 is 43.3 Å². The van der Waals surface area contributed by atoms with Gasteiger partial charge in [0.05, 0.1) is 23.8 Å². The Bertz CT molecular complexity index is 1880. The molecule has 0 aromatic heterocycles. The number of amides is 1. The number of hydrogen-bond acceptors (Lipinski definition) is 8. The van der Waals surface area contributed by atoms with Crippen LogP contribution in [0.15, 0.2) is 41.5 Å². The van der Waals surface area contributed by atoms with E-state index in [0.29, 0.717) is 18.3 Å². The highest BCUT2D eigenvalue weighted by molar-refractivity contribution is 6.08. The molecular formula is C48H67NO9. The minimum Gasteiger partial charge on any atom is -0.481 e. The smallest absolute Gasteiger partial charge is 0.309 e. The van der Waals surface area contributed by atoms with Crippen molar-refractivity contribution in [3.8, 4) is 0 Å². The van der Waals surface area contributed by atoms with Crippen LogP contribution in [0, 0.1) is 56.2 Å². The average Bonchev–Trinajstić information content (AvgIpc) is 3.45. The Labute approximate surface area is 345 Å². The van der Waals surface area contributed by atoms with Gasteiger partial charge in [-0.2, -0.15) is 0 Å². The van der Waals surface area contributed by atoms with Gasteiger partial charge in [0.1, 0.15) is 6.10 Å². The van der Waals surface area contributed by atoms with E-state index in [-0.39, 0.29) is 77.1 Å². The van der Waals surface area contributed by atoms with Crippen molar-refractivity contribution in [1.82, 2.24) is 4.90 Å². The highest BCUT2D eigenvalue weighted by Crippen LogP contribution is 2.77. The highest BCUT2D eigenvalue weighted by Gasteiger charge is 2.71. The highest BCUT2D eigenvalue weighted by atomic mass is 16.5. The first-order valence-electron chi connectivity index (χ1n) is 21.6. The Hall–Kier alpha value is -3.82.